The molecule has 1 saturated carbocycles. The molecule has 0 aliphatic heterocycles. The van der Waals surface area contributed by atoms with Gasteiger partial charge < -0.3 is 10.4 Å². The van der Waals surface area contributed by atoms with Crippen LogP contribution < -0.4 is 5.32 Å². The molecule has 2 rings (SSSR count). The Morgan fingerprint density at radius 1 is 1.40 bits per heavy atom. The van der Waals surface area contributed by atoms with Crippen LogP contribution >= 0.6 is 11.6 Å². The third kappa shape index (κ3) is 3.96. The summed E-state index contributed by atoms with van der Waals surface area (Å²) in [5.74, 6) is 0.509. The second-order valence-corrected chi connectivity index (χ2v) is 6.27. The van der Waals surface area contributed by atoms with Crippen LogP contribution in [0.5, 0.6) is 0 Å². The molecule has 1 fully saturated rings. The zero-order valence-electron chi connectivity index (χ0n) is 12.5. The van der Waals surface area contributed by atoms with Crippen molar-refractivity contribution >= 4 is 11.6 Å². The van der Waals surface area contributed by atoms with Gasteiger partial charge in [-0.25, -0.2) is 0 Å². The molecule has 2 unspecified atom stereocenters. The Balaban J connectivity index is 1.66. The first-order valence-corrected chi connectivity index (χ1v) is 8.04. The number of hydrogen-bond donors (Lipinski definition) is 2. The summed E-state index contributed by atoms with van der Waals surface area (Å²) in [6, 6.07) is 0. The van der Waals surface area contributed by atoms with Gasteiger partial charge in [-0.3, -0.25) is 4.68 Å². The molecule has 5 heteroatoms. The average molecular weight is 300 g/mol. The van der Waals surface area contributed by atoms with Crippen molar-refractivity contribution in [2.75, 3.05) is 6.54 Å². The highest BCUT2D eigenvalue weighted by Gasteiger charge is 2.22. The van der Waals surface area contributed by atoms with Gasteiger partial charge in [0.2, 0.25) is 0 Å². The Morgan fingerprint density at radius 2 is 2.15 bits per heavy atom. The minimum Gasteiger partial charge on any atom is -0.393 e. The molecule has 0 spiro atoms. The lowest BCUT2D eigenvalue weighted by Gasteiger charge is -2.27. The fraction of sp³-hybridized carbons (Fsp3) is 0.800. The van der Waals surface area contributed by atoms with Crippen molar-refractivity contribution < 1.29 is 5.11 Å². The molecule has 2 atom stereocenters. The quantitative estimate of drug-likeness (QED) is 0.794. The monoisotopic (exact) mass is 299 g/mol. The second-order valence-electron chi connectivity index (χ2n) is 5.91. The lowest BCUT2D eigenvalue weighted by molar-refractivity contribution is 0.0643. The van der Waals surface area contributed by atoms with Crippen LogP contribution in [0.2, 0.25) is 5.15 Å². The molecule has 2 N–H and O–H groups in total. The van der Waals surface area contributed by atoms with E-state index in [1.54, 1.807) is 4.68 Å². The first kappa shape index (κ1) is 15.8. The molecular weight excluding hydrogens is 274 g/mol. The lowest BCUT2D eigenvalue weighted by Crippen LogP contribution is -2.25. The van der Waals surface area contributed by atoms with Crippen LogP contribution in [-0.4, -0.2) is 27.5 Å². The van der Waals surface area contributed by atoms with E-state index in [2.05, 4.69) is 10.4 Å². The minimum absolute atomic E-state index is 0.0706. The average Bonchev–Trinajstić information content (AvgIpc) is 2.66. The maximum Gasteiger partial charge on any atom is 0.131 e. The standard InChI is InChI=1S/C15H26ClN3O/c1-11-13(15(16)19(2)18-11)10-17-9-5-7-12-6-3-4-8-14(12)20/h12,14,17,20H,3-10H2,1-2H3. The second kappa shape index (κ2) is 7.43. The summed E-state index contributed by atoms with van der Waals surface area (Å²) in [6.45, 7) is 3.72. The Labute approximate surface area is 126 Å². The van der Waals surface area contributed by atoms with E-state index in [4.69, 9.17) is 11.6 Å². The van der Waals surface area contributed by atoms with Crippen molar-refractivity contribution in [3.63, 3.8) is 0 Å². The number of nitrogens with one attached hydrogen (secondary N) is 1. The number of rotatable bonds is 6. The molecule has 1 aromatic rings. The van der Waals surface area contributed by atoms with Crippen molar-refractivity contribution in [3.8, 4) is 0 Å². The zero-order valence-corrected chi connectivity index (χ0v) is 13.3. The summed E-state index contributed by atoms with van der Waals surface area (Å²) in [7, 11) is 1.86. The predicted molar refractivity (Wildman–Crippen MR) is 81.9 cm³/mol. The molecule has 114 valence electrons. The number of aryl methyl sites for hydroxylation is 2. The first-order chi connectivity index (χ1) is 9.59. The predicted octanol–water partition coefficient (Wildman–Crippen LogP) is 2.80. The number of aliphatic hydroxyl groups excluding tert-OH is 1. The number of aromatic nitrogens is 2. The third-order valence-corrected chi connectivity index (χ3v) is 4.84. The van der Waals surface area contributed by atoms with Crippen LogP contribution in [0.25, 0.3) is 0 Å². The molecule has 0 aromatic carbocycles. The maximum absolute atomic E-state index is 9.93. The maximum atomic E-state index is 9.93. The van der Waals surface area contributed by atoms with E-state index >= 15 is 0 Å². The van der Waals surface area contributed by atoms with Gasteiger partial charge in [-0.05, 0) is 45.1 Å². The van der Waals surface area contributed by atoms with Gasteiger partial charge in [0.15, 0.2) is 0 Å². The van der Waals surface area contributed by atoms with Crippen molar-refractivity contribution in [2.45, 2.75) is 58.1 Å². The summed E-state index contributed by atoms with van der Waals surface area (Å²) >= 11 is 6.20. The third-order valence-electron chi connectivity index (χ3n) is 4.37. The number of halogens is 1. The van der Waals surface area contributed by atoms with E-state index in [1.165, 1.54) is 19.3 Å². The number of aliphatic hydroxyl groups is 1. The SMILES string of the molecule is Cc1nn(C)c(Cl)c1CNCCCC1CCCCC1O. The van der Waals surface area contributed by atoms with E-state index in [0.29, 0.717) is 5.92 Å². The van der Waals surface area contributed by atoms with Crippen LogP contribution in [0.15, 0.2) is 0 Å². The summed E-state index contributed by atoms with van der Waals surface area (Å²) in [5.41, 5.74) is 2.08. The van der Waals surface area contributed by atoms with Gasteiger partial charge in [0.1, 0.15) is 5.15 Å². The van der Waals surface area contributed by atoms with Gasteiger partial charge in [0.05, 0.1) is 11.8 Å². The Morgan fingerprint density at radius 3 is 2.80 bits per heavy atom. The smallest absolute Gasteiger partial charge is 0.131 e. The summed E-state index contributed by atoms with van der Waals surface area (Å²) in [5, 5.41) is 18.4. The Bertz CT molecular complexity index is 433. The fourth-order valence-corrected chi connectivity index (χ4v) is 3.34. The molecule has 1 aliphatic rings. The highest BCUT2D eigenvalue weighted by molar-refractivity contribution is 6.30. The van der Waals surface area contributed by atoms with Gasteiger partial charge in [0, 0.05) is 19.2 Å². The van der Waals surface area contributed by atoms with Crippen molar-refractivity contribution in [2.24, 2.45) is 13.0 Å². The van der Waals surface area contributed by atoms with E-state index in [0.717, 1.165) is 48.8 Å². The molecule has 0 bridgehead atoms. The summed E-state index contributed by atoms with van der Waals surface area (Å²) in [6.07, 6.45) is 6.80. The number of nitrogens with zero attached hydrogens (tertiary/aromatic N) is 2. The molecule has 0 amide bonds. The van der Waals surface area contributed by atoms with Crippen LogP contribution in [0.1, 0.15) is 49.8 Å². The van der Waals surface area contributed by atoms with Crippen molar-refractivity contribution in [3.05, 3.63) is 16.4 Å². The van der Waals surface area contributed by atoms with Gasteiger partial charge in [-0.1, -0.05) is 24.4 Å². The summed E-state index contributed by atoms with van der Waals surface area (Å²) < 4.78 is 1.71. The van der Waals surface area contributed by atoms with Crippen LogP contribution in [0.3, 0.4) is 0 Å². The topological polar surface area (TPSA) is 50.1 Å². The molecule has 20 heavy (non-hydrogen) atoms. The van der Waals surface area contributed by atoms with Crippen LogP contribution in [-0.2, 0) is 13.6 Å². The highest BCUT2D eigenvalue weighted by Crippen LogP contribution is 2.27. The zero-order chi connectivity index (χ0) is 14.5. The van der Waals surface area contributed by atoms with Crippen LogP contribution in [0.4, 0.5) is 0 Å². The Hall–Kier alpha value is -0.580. The normalized spacial score (nSPS) is 23.2. The summed E-state index contributed by atoms with van der Waals surface area (Å²) in [4.78, 5) is 0. The molecule has 1 aliphatic carbocycles. The van der Waals surface area contributed by atoms with E-state index in [-0.39, 0.29) is 6.10 Å². The highest BCUT2D eigenvalue weighted by atomic mass is 35.5. The van der Waals surface area contributed by atoms with Gasteiger partial charge in [-0.2, -0.15) is 5.10 Å². The van der Waals surface area contributed by atoms with Gasteiger partial charge in [-0.15, -0.1) is 0 Å². The number of hydrogen-bond acceptors (Lipinski definition) is 3. The fourth-order valence-electron chi connectivity index (χ4n) is 3.10. The van der Waals surface area contributed by atoms with E-state index in [1.807, 2.05) is 14.0 Å². The molecule has 4 nitrogen and oxygen atoms in total. The molecule has 1 heterocycles. The van der Waals surface area contributed by atoms with E-state index < -0.39 is 0 Å². The van der Waals surface area contributed by atoms with Crippen molar-refractivity contribution in [1.29, 1.82) is 0 Å². The van der Waals surface area contributed by atoms with Gasteiger partial charge in [0.25, 0.3) is 0 Å². The molecule has 0 saturated heterocycles. The molecule has 1 aromatic heterocycles. The van der Waals surface area contributed by atoms with Gasteiger partial charge >= 0.3 is 0 Å². The largest absolute Gasteiger partial charge is 0.393 e. The van der Waals surface area contributed by atoms with Crippen LogP contribution in [0, 0.1) is 12.8 Å². The Kier molecular flexibility index (Phi) is 5.87. The molecular formula is C15H26ClN3O. The molecule has 0 radical (unpaired) electrons. The lowest BCUT2D eigenvalue weighted by atomic mass is 9.83. The van der Waals surface area contributed by atoms with Crippen molar-refractivity contribution in [1.82, 2.24) is 15.1 Å². The minimum atomic E-state index is -0.0706. The van der Waals surface area contributed by atoms with E-state index in [9.17, 15) is 5.11 Å². The first-order valence-electron chi connectivity index (χ1n) is 7.66.